The highest BCUT2D eigenvalue weighted by Crippen LogP contribution is 2.34. The molecule has 0 saturated heterocycles. The maximum atomic E-state index is 11.3. The van der Waals surface area contributed by atoms with E-state index in [9.17, 15) is 20.2 Å². The van der Waals surface area contributed by atoms with E-state index >= 15 is 0 Å². The molecule has 0 aliphatic carbocycles. The summed E-state index contributed by atoms with van der Waals surface area (Å²) in [6.07, 6.45) is 1.49. The van der Waals surface area contributed by atoms with Crippen LogP contribution in [-0.4, -0.2) is 26.0 Å². The Morgan fingerprint density at radius 3 is 1.95 bits per heavy atom. The molecule has 10 nitrogen and oxygen atoms in total. The first-order chi connectivity index (χ1) is 18.0. The molecule has 178 valence electrons. The third-order valence-electron chi connectivity index (χ3n) is 6.13. The third kappa shape index (κ3) is 3.82. The molecule has 5 aromatic carbocycles. The fraction of sp³-hybridized carbons (Fsp3) is 0. The van der Waals surface area contributed by atoms with Gasteiger partial charge in [0.2, 0.25) is 0 Å². The monoisotopic (exact) mass is 488 g/mol. The number of non-ortho nitro benzene ring substituents is 1. The summed E-state index contributed by atoms with van der Waals surface area (Å²) >= 11 is 0. The van der Waals surface area contributed by atoms with Gasteiger partial charge in [-0.2, -0.15) is 5.10 Å². The molecule has 1 aromatic heterocycles. The van der Waals surface area contributed by atoms with Gasteiger partial charge < -0.3 is 0 Å². The summed E-state index contributed by atoms with van der Waals surface area (Å²) in [5, 5.41) is 30.6. The first kappa shape index (κ1) is 22.0. The van der Waals surface area contributed by atoms with Gasteiger partial charge in [-0.15, -0.1) is 0 Å². The van der Waals surface area contributed by atoms with Crippen LogP contribution in [0, 0.1) is 20.2 Å². The predicted octanol–water partition coefficient (Wildman–Crippen LogP) is 6.35. The quantitative estimate of drug-likeness (QED) is 0.0981. The van der Waals surface area contributed by atoms with Crippen LogP contribution in [0.3, 0.4) is 0 Å². The summed E-state index contributed by atoms with van der Waals surface area (Å²) < 4.78 is 0. The van der Waals surface area contributed by atoms with E-state index in [1.807, 2.05) is 48.5 Å². The average molecular weight is 488 g/mol. The third-order valence-corrected chi connectivity index (χ3v) is 6.13. The van der Waals surface area contributed by atoms with Crippen molar-refractivity contribution in [2.24, 2.45) is 5.10 Å². The Labute approximate surface area is 208 Å². The van der Waals surface area contributed by atoms with Gasteiger partial charge in [-0.25, -0.2) is 9.97 Å². The number of nitrogens with zero attached hydrogens (tertiary/aromatic N) is 5. The number of benzene rings is 5. The normalized spacial score (nSPS) is 11.6. The fourth-order valence-corrected chi connectivity index (χ4v) is 4.43. The zero-order valence-corrected chi connectivity index (χ0v) is 19.0. The Balaban J connectivity index is 1.41. The predicted molar refractivity (Wildman–Crippen MR) is 143 cm³/mol. The molecule has 0 unspecified atom stereocenters. The van der Waals surface area contributed by atoms with Crippen LogP contribution in [0.25, 0.3) is 43.6 Å². The lowest BCUT2D eigenvalue weighted by molar-refractivity contribution is -0.393. The molecule has 6 rings (SSSR count). The number of anilines is 1. The standard InChI is InChI=1S/C27H16N6O4/c34-32(35)17-10-12-23(25(14-17)33(36)37)31-28-15-16-9-11-22-24(13-16)30-27-21-8-4-2-6-19(21)18-5-1-3-7-20(18)26(27)29-22/h1-15,31H/b28-15-. The molecular formula is C27H16N6O4. The van der Waals surface area contributed by atoms with Crippen molar-refractivity contribution in [2.75, 3.05) is 5.43 Å². The van der Waals surface area contributed by atoms with Crippen molar-refractivity contribution in [3.63, 3.8) is 0 Å². The summed E-state index contributed by atoms with van der Waals surface area (Å²) in [7, 11) is 0. The summed E-state index contributed by atoms with van der Waals surface area (Å²) in [4.78, 5) is 30.8. The largest absolute Gasteiger partial charge is 0.301 e. The molecule has 0 atom stereocenters. The first-order valence-corrected chi connectivity index (χ1v) is 11.2. The molecule has 0 amide bonds. The van der Waals surface area contributed by atoms with E-state index in [1.54, 1.807) is 0 Å². The number of aromatic nitrogens is 2. The minimum Gasteiger partial charge on any atom is -0.272 e. The van der Waals surface area contributed by atoms with Crippen molar-refractivity contribution in [2.45, 2.75) is 0 Å². The fourth-order valence-electron chi connectivity index (χ4n) is 4.43. The first-order valence-electron chi connectivity index (χ1n) is 11.2. The molecule has 0 aliphatic heterocycles. The number of rotatable bonds is 5. The van der Waals surface area contributed by atoms with Crippen LogP contribution in [0.5, 0.6) is 0 Å². The molecular weight excluding hydrogens is 472 g/mol. The number of nitro benzene ring substituents is 2. The lowest BCUT2D eigenvalue weighted by Gasteiger charge is -2.10. The molecule has 0 bridgehead atoms. The second kappa shape index (κ2) is 8.61. The molecule has 0 fully saturated rings. The van der Waals surface area contributed by atoms with Crippen LogP contribution in [-0.2, 0) is 0 Å². The van der Waals surface area contributed by atoms with Crippen molar-refractivity contribution in [3.8, 4) is 0 Å². The van der Waals surface area contributed by atoms with E-state index < -0.39 is 15.5 Å². The highest BCUT2D eigenvalue weighted by molar-refractivity contribution is 6.23. The van der Waals surface area contributed by atoms with Crippen LogP contribution in [0.1, 0.15) is 5.56 Å². The van der Waals surface area contributed by atoms with Gasteiger partial charge in [0.05, 0.1) is 44.2 Å². The van der Waals surface area contributed by atoms with Gasteiger partial charge in [-0.3, -0.25) is 25.7 Å². The van der Waals surface area contributed by atoms with Gasteiger partial charge in [0.15, 0.2) is 0 Å². The average Bonchev–Trinajstić information content (AvgIpc) is 2.92. The van der Waals surface area contributed by atoms with E-state index in [2.05, 4.69) is 28.7 Å². The second-order valence-corrected chi connectivity index (χ2v) is 8.35. The van der Waals surface area contributed by atoms with Crippen LogP contribution in [0.2, 0.25) is 0 Å². The topological polar surface area (TPSA) is 136 Å². The van der Waals surface area contributed by atoms with Crippen LogP contribution in [0.4, 0.5) is 17.1 Å². The smallest absolute Gasteiger partial charge is 0.272 e. The van der Waals surface area contributed by atoms with Crippen molar-refractivity contribution in [1.29, 1.82) is 0 Å². The number of hydrazone groups is 1. The molecule has 10 heteroatoms. The van der Waals surface area contributed by atoms with Crippen LogP contribution in [0.15, 0.2) is 90.0 Å². The van der Waals surface area contributed by atoms with Gasteiger partial charge in [-0.05, 0) is 34.5 Å². The van der Waals surface area contributed by atoms with E-state index in [4.69, 9.17) is 9.97 Å². The summed E-state index contributed by atoms with van der Waals surface area (Å²) in [6.45, 7) is 0. The Kier molecular flexibility index (Phi) is 5.12. The summed E-state index contributed by atoms with van der Waals surface area (Å²) in [6, 6.07) is 25.1. The zero-order valence-electron chi connectivity index (χ0n) is 19.0. The van der Waals surface area contributed by atoms with Crippen LogP contribution >= 0.6 is 0 Å². The van der Waals surface area contributed by atoms with Crippen molar-refractivity contribution >= 4 is 66.9 Å². The molecule has 0 spiro atoms. The Morgan fingerprint density at radius 2 is 1.32 bits per heavy atom. The number of fused-ring (bicyclic) bond motifs is 7. The summed E-state index contributed by atoms with van der Waals surface area (Å²) in [5.41, 5.74) is 5.56. The number of nitro groups is 2. The van der Waals surface area contributed by atoms with Gasteiger partial charge in [0.1, 0.15) is 5.69 Å². The molecule has 0 radical (unpaired) electrons. The second-order valence-electron chi connectivity index (χ2n) is 8.35. The SMILES string of the molecule is O=[N+]([O-])c1ccc(N/N=C\c2ccc3nc4c5ccccc5c5ccccc5c4nc3c2)c([N+](=O)[O-])c1. The van der Waals surface area contributed by atoms with Gasteiger partial charge in [0.25, 0.3) is 5.69 Å². The molecule has 1 N–H and O–H groups in total. The van der Waals surface area contributed by atoms with Crippen molar-refractivity contribution < 1.29 is 9.85 Å². The Bertz CT molecular complexity index is 1940. The minimum atomic E-state index is -0.699. The zero-order chi connectivity index (χ0) is 25.5. The van der Waals surface area contributed by atoms with E-state index in [0.717, 1.165) is 44.2 Å². The highest BCUT2D eigenvalue weighted by Gasteiger charge is 2.19. The van der Waals surface area contributed by atoms with Gasteiger partial charge >= 0.3 is 5.69 Å². The lowest BCUT2D eigenvalue weighted by Crippen LogP contribution is -1.99. The lowest BCUT2D eigenvalue weighted by atomic mass is 9.99. The minimum absolute atomic E-state index is 0.0387. The molecule has 6 aromatic rings. The van der Waals surface area contributed by atoms with Crippen molar-refractivity contribution in [3.05, 3.63) is 111 Å². The van der Waals surface area contributed by atoms with E-state index in [-0.39, 0.29) is 11.4 Å². The highest BCUT2D eigenvalue weighted by atomic mass is 16.6. The molecule has 0 saturated carbocycles. The van der Waals surface area contributed by atoms with Gasteiger partial charge in [0, 0.05) is 16.8 Å². The van der Waals surface area contributed by atoms with E-state index in [0.29, 0.717) is 11.1 Å². The maximum Gasteiger partial charge on any atom is 0.301 e. The number of nitrogens with one attached hydrogen (secondary N) is 1. The van der Waals surface area contributed by atoms with Crippen LogP contribution < -0.4 is 5.43 Å². The number of hydrogen-bond acceptors (Lipinski definition) is 8. The molecule has 37 heavy (non-hydrogen) atoms. The van der Waals surface area contributed by atoms with Gasteiger partial charge in [-0.1, -0.05) is 54.6 Å². The maximum absolute atomic E-state index is 11.3. The molecule has 0 aliphatic rings. The Hall–Kier alpha value is -5.51. The van der Waals surface area contributed by atoms with Crippen molar-refractivity contribution in [1.82, 2.24) is 9.97 Å². The number of hydrogen-bond donors (Lipinski definition) is 1. The van der Waals surface area contributed by atoms with E-state index in [1.165, 1.54) is 18.3 Å². The Morgan fingerprint density at radius 1 is 0.703 bits per heavy atom. The summed E-state index contributed by atoms with van der Waals surface area (Å²) in [5.74, 6) is 0. The molecule has 1 heterocycles.